The van der Waals surface area contributed by atoms with Gasteiger partial charge in [-0.2, -0.15) is 0 Å². The molecule has 1 aromatic carbocycles. The van der Waals surface area contributed by atoms with E-state index in [0.717, 1.165) is 17.0 Å². The fraction of sp³-hybridized carbons (Fsp3) is 0.556. The lowest BCUT2D eigenvalue weighted by Gasteiger charge is -2.18. The van der Waals surface area contributed by atoms with Crippen molar-refractivity contribution in [1.82, 2.24) is 4.90 Å². The molecule has 0 N–H and O–H groups in total. The van der Waals surface area contributed by atoms with Gasteiger partial charge in [-0.3, -0.25) is 9.69 Å². The lowest BCUT2D eigenvalue weighted by atomic mass is 10.1. The quantitative estimate of drug-likeness (QED) is 0.802. The molecule has 6 heteroatoms. The van der Waals surface area contributed by atoms with Crippen molar-refractivity contribution >= 4 is 17.6 Å². The summed E-state index contributed by atoms with van der Waals surface area (Å²) in [5.74, 6) is 0.749. The summed E-state index contributed by atoms with van der Waals surface area (Å²) in [5, 5.41) is 0. The zero-order valence-corrected chi connectivity index (χ0v) is 15.4. The second kappa shape index (κ2) is 7.55. The number of carbonyl (C=O) groups excluding carboxylic acids is 1. The highest BCUT2D eigenvalue weighted by Crippen LogP contribution is 2.29. The normalized spacial score (nSPS) is 19.1. The first-order valence-corrected chi connectivity index (χ1v) is 8.27. The highest BCUT2D eigenvalue weighted by Gasteiger charge is 2.38. The van der Waals surface area contributed by atoms with Gasteiger partial charge in [0.05, 0.1) is 12.8 Å². The van der Waals surface area contributed by atoms with Crippen LogP contribution in [-0.2, 0) is 16.0 Å². The molecule has 6 nitrogen and oxygen atoms in total. The van der Waals surface area contributed by atoms with Crippen LogP contribution in [0.4, 0.5) is 5.69 Å². The van der Waals surface area contributed by atoms with Crippen molar-refractivity contribution in [3.63, 3.8) is 0 Å². The van der Waals surface area contributed by atoms with E-state index in [2.05, 4.69) is 4.99 Å². The van der Waals surface area contributed by atoms with E-state index >= 15 is 0 Å². The summed E-state index contributed by atoms with van der Waals surface area (Å²) in [7, 11) is 5.58. The molecule has 1 aliphatic rings. The summed E-state index contributed by atoms with van der Waals surface area (Å²) >= 11 is 0. The smallest absolute Gasteiger partial charge is 0.295 e. The first-order valence-electron chi connectivity index (χ1n) is 8.27. The van der Waals surface area contributed by atoms with Crippen LogP contribution in [0.15, 0.2) is 23.2 Å². The minimum atomic E-state index is -0.530. The number of carbonyl (C=O) groups is 1. The summed E-state index contributed by atoms with van der Waals surface area (Å²) in [6, 6.07) is 6.47. The largest absolute Gasteiger partial charge is 0.495 e. The maximum atomic E-state index is 12.5. The third-order valence-corrected chi connectivity index (χ3v) is 3.85. The average Bonchev–Trinajstić information content (AvgIpc) is 2.81. The fourth-order valence-corrected chi connectivity index (χ4v) is 2.68. The molecular weight excluding hydrogens is 306 g/mol. The van der Waals surface area contributed by atoms with E-state index in [0.29, 0.717) is 19.0 Å². The van der Waals surface area contributed by atoms with Gasteiger partial charge in [0, 0.05) is 33.1 Å². The maximum absolute atomic E-state index is 12.5. The van der Waals surface area contributed by atoms with Crippen LogP contribution in [0.2, 0.25) is 0 Å². The van der Waals surface area contributed by atoms with E-state index in [-0.39, 0.29) is 11.9 Å². The Bertz CT molecular complexity index is 626. The lowest BCUT2D eigenvalue weighted by molar-refractivity contribution is -0.129. The molecule has 1 heterocycles. The molecule has 0 saturated carbocycles. The molecule has 0 bridgehead atoms. The monoisotopic (exact) mass is 333 g/mol. The minimum Gasteiger partial charge on any atom is -0.495 e. The number of nitrogens with zero attached hydrogens (tertiary/aromatic N) is 3. The zero-order chi connectivity index (χ0) is 17.9. The van der Waals surface area contributed by atoms with Crippen LogP contribution in [0, 0.1) is 0 Å². The highest BCUT2D eigenvalue weighted by molar-refractivity contribution is 6.02. The number of hydrogen-bond donors (Lipinski definition) is 0. The Labute approximate surface area is 144 Å². The lowest BCUT2D eigenvalue weighted by Crippen LogP contribution is -2.32. The molecule has 1 saturated heterocycles. The Morgan fingerprint density at radius 1 is 1.38 bits per heavy atom. The molecule has 132 valence electrons. The highest BCUT2D eigenvalue weighted by atomic mass is 16.5. The molecule has 1 amide bonds. The van der Waals surface area contributed by atoms with Crippen molar-refractivity contribution in [2.45, 2.75) is 39.3 Å². The molecular formula is C18H27N3O3. The van der Waals surface area contributed by atoms with Gasteiger partial charge >= 0.3 is 0 Å². The molecule has 1 aliphatic heterocycles. The summed E-state index contributed by atoms with van der Waals surface area (Å²) in [6.07, 6.45) is -0.0337. The van der Waals surface area contributed by atoms with Gasteiger partial charge in [0.2, 0.25) is 0 Å². The van der Waals surface area contributed by atoms with Crippen molar-refractivity contribution < 1.29 is 14.3 Å². The third-order valence-electron chi connectivity index (χ3n) is 3.85. The van der Waals surface area contributed by atoms with Gasteiger partial charge in [0.25, 0.3) is 11.9 Å². The molecule has 0 spiro atoms. The second-order valence-corrected chi connectivity index (χ2v) is 6.30. The number of hydrogen-bond acceptors (Lipinski definition) is 5. The number of methoxy groups -OCH3 is 1. The van der Waals surface area contributed by atoms with Crippen LogP contribution in [0.25, 0.3) is 0 Å². The molecule has 24 heavy (non-hydrogen) atoms. The van der Waals surface area contributed by atoms with Crippen molar-refractivity contribution in [1.29, 1.82) is 0 Å². The Kier molecular flexibility index (Phi) is 5.70. The van der Waals surface area contributed by atoms with E-state index < -0.39 is 6.10 Å². The predicted octanol–water partition coefficient (Wildman–Crippen LogP) is 2.32. The van der Waals surface area contributed by atoms with Crippen LogP contribution >= 0.6 is 0 Å². The zero-order valence-electron chi connectivity index (χ0n) is 15.4. The Balaban J connectivity index is 2.21. The van der Waals surface area contributed by atoms with Gasteiger partial charge in [-0.15, -0.1) is 0 Å². The number of ether oxygens (including phenoxy) is 2. The van der Waals surface area contributed by atoms with Crippen molar-refractivity contribution in [3.05, 3.63) is 23.8 Å². The number of likely N-dealkylation sites (N-methyl/N-ethyl adjacent to an activating group) is 1. The summed E-state index contributed by atoms with van der Waals surface area (Å²) in [6.45, 7) is 6.41. The van der Waals surface area contributed by atoms with Gasteiger partial charge in [-0.05, 0) is 38.5 Å². The second-order valence-electron chi connectivity index (χ2n) is 6.30. The summed E-state index contributed by atoms with van der Waals surface area (Å²) in [5.41, 5.74) is 2.00. The molecule has 0 aromatic heterocycles. The summed E-state index contributed by atoms with van der Waals surface area (Å²) < 4.78 is 11.3. The summed E-state index contributed by atoms with van der Waals surface area (Å²) in [4.78, 5) is 20.6. The van der Waals surface area contributed by atoms with Gasteiger partial charge in [-0.1, -0.05) is 6.07 Å². The number of aliphatic imine (C=N–C) groups is 1. The third kappa shape index (κ3) is 3.80. The molecule has 2 rings (SSSR count). The number of benzene rings is 1. The van der Waals surface area contributed by atoms with Gasteiger partial charge in [-0.25, -0.2) is 4.99 Å². The van der Waals surface area contributed by atoms with Crippen LogP contribution in [0.5, 0.6) is 5.75 Å². The Hall–Kier alpha value is -2.24. The molecule has 1 unspecified atom stereocenters. The van der Waals surface area contributed by atoms with E-state index in [1.54, 1.807) is 12.0 Å². The first-order chi connectivity index (χ1) is 11.4. The van der Waals surface area contributed by atoms with Gasteiger partial charge in [0.1, 0.15) is 5.75 Å². The van der Waals surface area contributed by atoms with E-state index in [1.807, 2.05) is 58.0 Å². The van der Waals surface area contributed by atoms with Crippen LogP contribution in [0.3, 0.4) is 0 Å². The molecule has 0 aliphatic carbocycles. The first kappa shape index (κ1) is 18.1. The minimum absolute atomic E-state index is 0.0347. The van der Waals surface area contributed by atoms with Crippen LogP contribution in [0.1, 0.15) is 26.3 Å². The predicted molar refractivity (Wildman–Crippen MR) is 95.9 cm³/mol. The average molecular weight is 333 g/mol. The van der Waals surface area contributed by atoms with Gasteiger partial charge < -0.3 is 14.4 Å². The number of amides is 1. The van der Waals surface area contributed by atoms with Crippen LogP contribution < -0.4 is 9.64 Å². The SMILES string of the molecule is CCN1C(=O)C(Cc2ccc(N(C)C)c(OC)c2)O/C1=N/C(C)C. The number of anilines is 1. The maximum Gasteiger partial charge on any atom is 0.295 e. The van der Waals surface area contributed by atoms with Crippen LogP contribution in [-0.4, -0.2) is 56.7 Å². The Morgan fingerprint density at radius 3 is 2.62 bits per heavy atom. The standard InChI is InChI=1S/C18H27N3O3/c1-7-21-17(22)16(24-18(21)19-12(2)3)11-13-8-9-14(20(4)5)15(10-13)23-6/h8-10,12,16H,7,11H2,1-6H3/b19-18+. The van der Waals surface area contributed by atoms with E-state index in [1.165, 1.54) is 0 Å². The molecule has 1 atom stereocenters. The molecule has 0 radical (unpaired) electrons. The van der Waals surface area contributed by atoms with Gasteiger partial charge in [0.15, 0.2) is 6.10 Å². The van der Waals surface area contributed by atoms with E-state index in [9.17, 15) is 4.79 Å². The fourth-order valence-electron chi connectivity index (χ4n) is 2.68. The van der Waals surface area contributed by atoms with Crippen molar-refractivity contribution in [2.24, 2.45) is 4.99 Å². The molecule has 1 aromatic rings. The Morgan fingerprint density at radius 2 is 2.08 bits per heavy atom. The number of amidine groups is 1. The van der Waals surface area contributed by atoms with Crippen molar-refractivity contribution in [3.8, 4) is 5.75 Å². The van der Waals surface area contributed by atoms with E-state index in [4.69, 9.17) is 9.47 Å². The van der Waals surface area contributed by atoms with Crippen molar-refractivity contribution in [2.75, 3.05) is 32.6 Å². The number of rotatable bonds is 6. The topological polar surface area (TPSA) is 54.4 Å². The molecule has 1 fully saturated rings.